The largest absolute Gasteiger partial charge is 0.445 e. The van der Waals surface area contributed by atoms with Crippen LogP contribution in [0.1, 0.15) is 16.7 Å². The SMILES string of the molecule is N#Cc1ccc(Cl)cc1C=CCNC(=O)OCc1ccccc1. The molecule has 1 N–H and O–H groups in total. The van der Waals surface area contributed by atoms with E-state index < -0.39 is 6.09 Å². The van der Waals surface area contributed by atoms with Crippen LogP contribution in [0.2, 0.25) is 5.02 Å². The Bertz CT molecular complexity index is 736. The van der Waals surface area contributed by atoms with Crippen molar-refractivity contribution < 1.29 is 9.53 Å². The average molecular weight is 327 g/mol. The fourth-order valence-corrected chi connectivity index (χ4v) is 2.06. The van der Waals surface area contributed by atoms with Crippen LogP contribution in [-0.4, -0.2) is 12.6 Å². The van der Waals surface area contributed by atoms with Crippen molar-refractivity contribution in [2.45, 2.75) is 6.61 Å². The van der Waals surface area contributed by atoms with Gasteiger partial charge in [0.05, 0.1) is 11.6 Å². The van der Waals surface area contributed by atoms with Gasteiger partial charge in [-0.1, -0.05) is 54.1 Å². The van der Waals surface area contributed by atoms with Crippen molar-refractivity contribution in [1.29, 1.82) is 5.26 Å². The van der Waals surface area contributed by atoms with Crippen molar-refractivity contribution in [3.63, 3.8) is 0 Å². The molecule has 0 aliphatic heterocycles. The number of halogens is 1. The van der Waals surface area contributed by atoms with Crippen LogP contribution >= 0.6 is 11.6 Å². The first kappa shape index (κ1) is 16.6. The highest BCUT2D eigenvalue weighted by Crippen LogP contribution is 2.16. The first-order valence-corrected chi connectivity index (χ1v) is 7.37. The van der Waals surface area contributed by atoms with Crippen molar-refractivity contribution in [3.05, 3.63) is 76.3 Å². The van der Waals surface area contributed by atoms with Crippen LogP contribution in [0.25, 0.3) is 6.08 Å². The number of nitrogens with zero attached hydrogens (tertiary/aromatic N) is 1. The second-order valence-corrected chi connectivity index (χ2v) is 5.12. The number of benzene rings is 2. The first-order valence-electron chi connectivity index (χ1n) is 7.00. The molecule has 0 heterocycles. The van der Waals surface area contributed by atoms with Crippen LogP contribution in [0.3, 0.4) is 0 Å². The number of amides is 1. The summed E-state index contributed by atoms with van der Waals surface area (Å²) in [4.78, 5) is 11.6. The second-order valence-electron chi connectivity index (χ2n) is 4.69. The maximum absolute atomic E-state index is 11.6. The fraction of sp³-hybridized carbons (Fsp3) is 0.111. The van der Waals surface area contributed by atoms with Gasteiger partial charge in [-0.3, -0.25) is 0 Å². The third-order valence-corrected chi connectivity index (χ3v) is 3.24. The van der Waals surface area contributed by atoms with Gasteiger partial charge in [-0.25, -0.2) is 4.79 Å². The van der Waals surface area contributed by atoms with Gasteiger partial charge in [0.1, 0.15) is 6.61 Å². The van der Waals surface area contributed by atoms with Crippen molar-refractivity contribution in [2.75, 3.05) is 6.54 Å². The number of carbonyl (C=O) groups is 1. The molecule has 4 nitrogen and oxygen atoms in total. The molecular weight excluding hydrogens is 312 g/mol. The number of carbonyl (C=O) groups excluding carboxylic acids is 1. The van der Waals surface area contributed by atoms with Gasteiger partial charge in [0.25, 0.3) is 0 Å². The topological polar surface area (TPSA) is 62.1 Å². The van der Waals surface area contributed by atoms with E-state index in [4.69, 9.17) is 21.6 Å². The summed E-state index contributed by atoms with van der Waals surface area (Å²) in [6.45, 7) is 0.522. The van der Waals surface area contributed by atoms with E-state index in [1.54, 1.807) is 30.4 Å². The number of hydrogen-bond acceptors (Lipinski definition) is 3. The summed E-state index contributed by atoms with van der Waals surface area (Å²) in [5.74, 6) is 0. The molecular formula is C18H15ClN2O2. The standard InChI is InChI=1S/C18H15ClN2O2/c19-17-9-8-16(12-20)15(11-17)7-4-10-21-18(22)23-13-14-5-2-1-3-6-14/h1-9,11H,10,13H2,(H,21,22). The third kappa shape index (κ3) is 5.50. The summed E-state index contributed by atoms with van der Waals surface area (Å²) in [6.07, 6.45) is 2.98. The highest BCUT2D eigenvalue weighted by molar-refractivity contribution is 6.30. The molecule has 2 rings (SSSR count). The molecule has 5 heteroatoms. The number of alkyl carbamates (subject to hydrolysis) is 1. The Hall–Kier alpha value is -2.77. The Labute approximate surface area is 140 Å². The molecule has 0 spiro atoms. The molecule has 0 unspecified atom stereocenters. The highest BCUT2D eigenvalue weighted by Gasteiger charge is 2.01. The molecule has 0 aliphatic carbocycles. The Morgan fingerprint density at radius 1 is 1.26 bits per heavy atom. The zero-order valence-corrected chi connectivity index (χ0v) is 13.1. The number of nitrogens with one attached hydrogen (secondary N) is 1. The van der Waals surface area contributed by atoms with E-state index >= 15 is 0 Å². The van der Waals surface area contributed by atoms with Gasteiger partial charge < -0.3 is 10.1 Å². The summed E-state index contributed by atoms with van der Waals surface area (Å²) in [5, 5.41) is 12.2. The average Bonchev–Trinajstić information content (AvgIpc) is 2.58. The van der Waals surface area contributed by atoms with Crippen LogP contribution in [-0.2, 0) is 11.3 Å². The summed E-state index contributed by atoms with van der Waals surface area (Å²) < 4.78 is 5.09. The zero-order chi connectivity index (χ0) is 16.5. The predicted molar refractivity (Wildman–Crippen MR) is 89.8 cm³/mol. The fourth-order valence-electron chi connectivity index (χ4n) is 1.88. The van der Waals surface area contributed by atoms with E-state index in [1.807, 2.05) is 30.3 Å². The molecule has 0 radical (unpaired) electrons. The first-order chi connectivity index (χ1) is 11.2. The molecule has 116 valence electrons. The lowest BCUT2D eigenvalue weighted by molar-refractivity contribution is 0.141. The summed E-state index contributed by atoms with van der Waals surface area (Å²) >= 11 is 5.90. The Morgan fingerprint density at radius 3 is 2.78 bits per heavy atom. The molecule has 0 atom stereocenters. The normalized spacial score (nSPS) is 10.3. The lowest BCUT2D eigenvalue weighted by Gasteiger charge is -2.05. The number of hydrogen-bond donors (Lipinski definition) is 1. The number of rotatable bonds is 5. The summed E-state index contributed by atoms with van der Waals surface area (Å²) in [6, 6.07) is 16.6. The molecule has 0 fully saturated rings. The lowest BCUT2D eigenvalue weighted by atomic mass is 10.1. The van der Waals surface area contributed by atoms with Crippen LogP contribution < -0.4 is 5.32 Å². The maximum atomic E-state index is 11.6. The van der Waals surface area contributed by atoms with E-state index in [9.17, 15) is 4.79 Å². The van der Waals surface area contributed by atoms with E-state index in [-0.39, 0.29) is 6.61 Å². The van der Waals surface area contributed by atoms with Gasteiger partial charge in [-0.05, 0) is 29.3 Å². The van der Waals surface area contributed by atoms with Gasteiger partial charge in [-0.2, -0.15) is 5.26 Å². The molecule has 23 heavy (non-hydrogen) atoms. The molecule has 1 amide bonds. The second kappa shape index (κ2) is 8.62. The van der Waals surface area contributed by atoms with Gasteiger partial charge in [-0.15, -0.1) is 0 Å². The maximum Gasteiger partial charge on any atom is 0.407 e. The highest BCUT2D eigenvalue weighted by atomic mass is 35.5. The Kier molecular flexibility index (Phi) is 6.22. The number of nitriles is 1. The van der Waals surface area contributed by atoms with Gasteiger partial charge in [0.15, 0.2) is 0 Å². The number of ether oxygens (including phenoxy) is 1. The van der Waals surface area contributed by atoms with Crippen LogP contribution in [0.5, 0.6) is 0 Å². The minimum absolute atomic E-state index is 0.225. The monoisotopic (exact) mass is 326 g/mol. The molecule has 2 aromatic rings. The van der Waals surface area contributed by atoms with Gasteiger partial charge in [0.2, 0.25) is 0 Å². The molecule has 2 aromatic carbocycles. The quantitative estimate of drug-likeness (QED) is 0.897. The van der Waals surface area contributed by atoms with Crippen molar-refractivity contribution in [3.8, 4) is 6.07 Å². The van der Waals surface area contributed by atoms with E-state index in [0.717, 1.165) is 5.56 Å². The van der Waals surface area contributed by atoms with E-state index in [1.165, 1.54) is 0 Å². The summed E-state index contributed by atoms with van der Waals surface area (Å²) in [5.41, 5.74) is 2.16. The zero-order valence-electron chi connectivity index (χ0n) is 12.3. The third-order valence-electron chi connectivity index (χ3n) is 3.01. The van der Waals surface area contributed by atoms with E-state index in [2.05, 4.69) is 11.4 Å². The summed E-state index contributed by atoms with van der Waals surface area (Å²) in [7, 11) is 0. The van der Waals surface area contributed by atoms with Crippen LogP contribution in [0.15, 0.2) is 54.6 Å². The predicted octanol–water partition coefficient (Wildman–Crippen LogP) is 4.15. The van der Waals surface area contributed by atoms with Crippen LogP contribution in [0.4, 0.5) is 4.79 Å². The smallest absolute Gasteiger partial charge is 0.407 e. The molecule has 0 aliphatic rings. The van der Waals surface area contributed by atoms with Crippen molar-refractivity contribution >= 4 is 23.8 Å². The molecule has 0 saturated carbocycles. The minimum Gasteiger partial charge on any atom is -0.445 e. The molecule has 0 bridgehead atoms. The van der Waals surface area contributed by atoms with E-state index in [0.29, 0.717) is 22.7 Å². The Balaban J connectivity index is 1.79. The van der Waals surface area contributed by atoms with Gasteiger partial charge >= 0.3 is 6.09 Å². The Morgan fingerprint density at radius 2 is 2.04 bits per heavy atom. The van der Waals surface area contributed by atoms with Gasteiger partial charge in [0, 0.05) is 11.6 Å². The molecule has 0 aromatic heterocycles. The van der Waals surface area contributed by atoms with Crippen molar-refractivity contribution in [2.24, 2.45) is 0 Å². The molecule has 0 saturated heterocycles. The van der Waals surface area contributed by atoms with Crippen molar-refractivity contribution in [1.82, 2.24) is 5.32 Å². The van der Waals surface area contributed by atoms with Crippen LogP contribution in [0, 0.1) is 11.3 Å². The minimum atomic E-state index is -0.495. The lowest BCUT2D eigenvalue weighted by Crippen LogP contribution is -2.24.